The van der Waals surface area contributed by atoms with Crippen LogP contribution < -0.4 is 5.32 Å². The fourth-order valence-corrected chi connectivity index (χ4v) is 6.03. The minimum absolute atomic E-state index is 0. The molecule has 7 heteroatoms. The van der Waals surface area contributed by atoms with E-state index >= 15 is 0 Å². The van der Waals surface area contributed by atoms with Crippen LogP contribution in [0.2, 0.25) is 0 Å². The van der Waals surface area contributed by atoms with Gasteiger partial charge in [-0.3, -0.25) is 0 Å². The minimum atomic E-state index is -0.409. The number of aliphatic hydroxyl groups excluding tert-OH is 2. The Morgan fingerprint density at radius 1 is 0.900 bits per heavy atom. The highest BCUT2D eigenvalue weighted by atomic mass is 35.5. The van der Waals surface area contributed by atoms with Crippen molar-refractivity contribution >= 4 is 18.5 Å². The first-order valence-corrected chi connectivity index (χ1v) is 11.7. The number of carbonyl (C=O) groups excluding carboxylic acids is 1. The molecule has 4 aliphatic rings. The third-order valence-corrected chi connectivity index (χ3v) is 7.33. The van der Waals surface area contributed by atoms with Crippen molar-refractivity contribution < 1.29 is 19.7 Å². The third kappa shape index (κ3) is 6.98. The maximum Gasteiger partial charge on any atom is 0.410 e. The predicted octanol–water partition coefficient (Wildman–Crippen LogP) is 3.30. The van der Waals surface area contributed by atoms with Crippen LogP contribution in [0.25, 0.3) is 0 Å². The van der Waals surface area contributed by atoms with Crippen LogP contribution in [-0.4, -0.2) is 66.2 Å². The number of fused-ring (bicyclic) bond motifs is 2. The third-order valence-electron chi connectivity index (χ3n) is 7.33. The first kappa shape index (κ1) is 25.7. The van der Waals surface area contributed by atoms with Gasteiger partial charge in [-0.05, 0) is 108 Å². The number of nitrogens with zero attached hydrogens (tertiary/aromatic N) is 1. The van der Waals surface area contributed by atoms with Gasteiger partial charge in [0.1, 0.15) is 5.60 Å². The lowest BCUT2D eigenvalue weighted by molar-refractivity contribution is 0.0276. The van der Waals surface area contributed by atoms with E-state index in [2.05, 4.69) is 5.32 Å². The molecule has 30 heavy (non-hydrogen) atoms. The van der Waals surface area contributed by atoms with Crippen molar-refractivity contribution in [2.24, 2.45) is 35.5 Å². The van der Waals surface area contributed by atoms with Gasteiger partial charge in [-0.25, -0.2) is 4.79 Å². The summed E-state index contributed by atoms with van der Waals surface area (Å²) >= 11 is 0. The highest BCUT2D eigenvalue weighted by molar-refractivity contribution is 5.85. The molecule has 4 rings (SSSR count). The number of hydrogen-bond acceptors (Lipinski definition) is 5. The van der Waals surface area contributed by atoms with E-state index in [1.165, 1.54) is 25.9 Å². The molecule has 4 unspecified atom stereocenters. The van der Waals surface area contributed by atoms with Crippen LogP contribution in [0.15, 0.2) is 0 Å². The molecule has 2 aliphatic carbocycles. The molecule has 2 aliphatic heterocycles. The van der Waals surface area contributed by atoms with Gasteiger partial charge in [-0.15, -0.1) is 12.4 Å². The zero-order chi connectivity index (χ0) is 21.0. The molecule has 0 aromatic rings. The van der Waals surface area contributed by atoms with Gasteiger partial charge >= 0.3 is 6.09 Å². The van der Waals surface area contributed by atoms with E-state index in [1.54, 1.807) is 0 Å². The second kappa shape index (κ2) is 11.3. The molecule has 2 heterocycles. The largest absolute Gasteiger partial charge is 0.444 e. The number of ether oxygens (including phenoxy) is 1. The van der Waals surface area contributed by atoms with Gasteiger partial charge in [0.15, 0.2) is 0 Å². The summed E-state index contributed by atoms with van der Waals surface area (Å²) in [5, 5.41) is 21.2. The van der Waals surface area contributed by atoms with E-state index in [1.807, 2.05) is 25.7 Å². The Hall–Kier alpha value is -0.560. The Morgan fingerprint density at radius 2 is 1.33 bits per heavy atom. The lowest BCUT2D eigenvalue weighted by Gasteiger charge is -2.25. The second-order valence-electron chi connectivity index (χ2n) is 10.8. The molecule has 0 aromatic carbocycles. The van der Waals surface area contributed by atoms with Crippen molar-refractivity contribution in [1.82, 2.24) is 10.2 Å². The molecule has 1 amide bonds. The van der Waals surface area contributed by atoms with Crippen LogP contribution in [0, 0.1) is 35.5 Å². The van der Waals surface area contributed by atoms with Crippen LogP contribution in [0.3, 0.4) is 0 Å². The molecule has 3 N–H and O–H groups in total. The Morgan fingerprint density at radius 3 is 1.73 bits per heavy atom. The lowest BCUT2D eigenvalue weighted by atomic mass is 10.0. The fraction of sp³-hybridized carbons (Fsp3) is 0.957. The second-order valence-corrected chi connectivity index (χ2v) is 10.8. The number of nitrogens with one attached hydrogen (secondary N) is 1. The maximum absolute atomic E-state index is 12.0. The summed E-state index contributed by atoms with van der Waals surface area (Å²) in [5.74, 6) is 4.60. The topological polar surface area (TPSA) is 82.0 Å². The molecule has 6 nitrogen and oxygen atoms in total. The summed E-state index contributed by atoms with van der Waals surface area (Å²) in [6, 6.07) is 0. The number of amides is 1. The highest BCUT2D eigenvalue weighted by Gasteiger charge is 2.43. The van der Waals surface area contributed by atoms with E-state index < -0.39 is 5.60 Å². The average molecular weight is 447 g/mol. The Balaban J connectivity index is 0.000000229. The number of halogens is 1. The first-order valence-electron chi connectivity index (χ1n) is 11.7. The molecule has 0 bridgehead atoms. The van der Waals surface area contributed by atoms with Crippen LogP contribution in [-0.2, 0) is 4.74 Å². The summed E-state index contributed by atoms with van der Waals surface area (Å²) in [6.45, 7) is 10.5. The molecule has 2 saturated heterocycles. The number of rotatable bonds is 4. The summed E-state index contributed by atoms with van der Waals surface area (Å²) in [5.41, 5.74) is -0.409. The van der Waals surface area contributed by atoms with Gasteiger partial charge in [0.2, 0.25) is 0 Å². The SMILES string of the molecule is CC(C)(C)OC(=O)N1CC2CC(CCO)CC2C1.Cl.OCCC1CC2CNCC2C1. The highest BCUT2D eigenvalue weighted by Crippen LogP contribution is 2.43. The van der Waals surface area contributed by atoms with E-state index in [0.29, 0.717) is 31.0 Å². The number of likely N-dealkylation sites (tertiary alicyclic amines) is 1. The van der Waals surface area contributed by atoms with Gasteiger partial charge in [0, 0.05) is 26.3 Å². The molecule has 0 aromatic heterocycles. The molecule has 4 atom stereocenters. The van der Waals surface area contributed by atoms with E-state index in [9.17, 15) is 4.79 Å². The minimum Gasteiger partial charge on any atom is -0.444 e. The fourth-order valence-electron chi connectivity index (χ4n) is 6.03. The molecule has 0 spiro atoms. The van der Waals surface area contributed by atoms with E-state index in [4.69, 9.17) is 14.9 Å². The standard InChI is InChI=1S/C14H25NO3.C9H17NO.ClH/c1-14(2,3)18-13(17)15-8-11-6-10(4-5-16)7-12(11)9-15;11-2-1-7-3-8-5-10-6-9(8)4-7;/h10-12,16H,4-9H2,1-3H3;7-11H,1-6H2;1H. The van der Waals surface area contributed by atoms with Gasteiger partial charge in [-0.2, -0.15) is 0 Å². The zero-order valence-electron chi connectivity index (χ0n) is 19.0. The van der Waals surface area contributed by atoms with Crippen molar-refractivity contribution in [3.05, 3.63) is 0 Å². The number of aliphatic hydroxyl groups is 2. The van der Waals surface area contributed by atoms with Crippen LogP contribution in [0.1, 0.15) is 59.3 Å². The number of hydrogen-bond donors (Lipinski definition) is 3. The van der Waals surface area contributed by atoms with Gasteiger partial charge < -0.3 is 25.2 Å². The van der Waals surface area contributed by atoms with Crippen LogP contribution >= 0.6 is 12.4 Å². The lowest BCUT2D eigenvalue weighted by Crippen LogP contribution is -2.36. The van der Waals surface area contributed by atoms with Crippen molar-refractivity contribution in [1.29, 1.82) is 0 Å². The molecular formula is C23H43ClN2O4. The summed E-state index contributed by atoms with van der Waals surface area (Å²) in [7, 11) is 0. The van der Waals surface area contributed by atoms with Crippen LogP contribution in [0.5, 0.6) is 0 Å². The maximum atomic E-state index is 12.0. The van der Waals surface area contributed by atoms with E-state index in [-0.39, 0.29) is 18.5 Å². The zero-order valence-corrected chi connectivity index (χ0v) is 19.8. The Labute approximate surface area is 188 Å². The molecule has 176 valence electrons. The van der Waals surface area contributed by atoms with Gasteiger partial charge in [0.05, 0.1) is 0 Å². The first-order chi connectivity index (χ1) is 13.8. The van der Waals surface area contributed by atoms with Gasteiger partial charge in [-0.1, -0.05) is 0 Å². The Bertz CT molecular complexity index is 516. The molecular weight excluding hydrogens is 404 g/mol. The normalized spacial score (nSPS) is 34.6. The van der Waals surface area contributed by atoms with Crippen molar-refractivity contribution in [3.8, 4) is 0 Å². The quantitative estimate of drug-likeness (QED) is 0.617. The summed E-state index contributed by atoms with van der Waals surface area (Å²) in [4.78, 5) is 13.8. The molecule has 0 radical (unpaired) electrons. The monoisotopic (exact) mass is 446 g/mol. The Kier molecular flexibility index (Phi) is 9.72. The summed E-state index contributed by atoms with van der Waals surface area (Å²) < 4.78 is 5.41. The van der Waals surface area contributed by atoms with Gasteiger partial charge in [0.25, 0.3) is 0 Å². The summed E-state index contributed by atoms with van der Waals surface area (Å²) in [6.07, 6.45) is 6.81. The predicted molar refractivity (Wildman–Crippen MR) is 121 cm³/mol. The van der Waals surface area contributed by atoms with E-state index in [0.717, 1.165) is 56.5 Å². The molecule has 2 saturated carbocycles. The smallest absolute Gasteiger partial charge is 0.410 e. The van der Waals surface area contributed by atoms with Crippen molar-refractivity contribution in [2.45, 2.75) is 64.9 Å². The van der Waals surface area contributed by atoms with Crippen LogP contribution in [0.4, 0.5) is 4.79 Å². The van der Waals surface area contributed by atoms with Crippen molar-refractivity contribution in [2.75, 3.05) is 39.4 Å². The molecule has 4 fully saturated rings. The number of carbonyl (C=O) groups is 1. The average Bonchev–Trinajstić information content (AvgIpc) is 3.33. The van der Waals surface area contributed by atoms with Crippen molar-refractivity contribution in [3.63, 3.8) is 0 Å².